The average Bonchev–Trinajstić information content (AvgIpc) is 2.98. The van der Waals surface area contributed by atoms with Gasteiger partial charge in [-0.05, 0) is 29.8 Å². The molecule has 0 saturated carbocycles. The fourth-order valence-electron chi connectivity index (χ4n) is 2.42. The van der Waals surface area contributed by atoms with Crippen molar-refractivity contribution in [3.05, 3.63) is 65.9 Å². The predicted molar refractivity (Wildman–Crippen MR) is 85.4 cm³/mol. The number of nitrogens with zero attached hydrogens (tertiary/aromatic N) is 3. The van der Waals surface area contributed by atoms with Gasteiger partial charge in [-0.2, -0.15) is 0 Å². The van der Waals surface area contributed by atoms with Crippen molar-refractivity contribution in [2.24, 2.45) is 5.73 Å². The molecule has 0 aliphatic heterocycles. The SMILES string of the molecule is COc1ccc(-c2c(CN)nnn2Cc2ccccc2)cc1. The smallest absolute Gasteiger partial charge is 0.118 e. The van der Waals surface area contributed by atoms with E-state index in [9.17, 15) is 0 Å². The number of aromatic nitrogens is 3. The van der Waals surface area contributed by atoms with E-state index >= 15 is 0 Å². The molecule has 0 aliphatic rings. The Kier molecular flexibility index (Phi) is 4.16. The minimum Gasteiger partial charge on any atom is -0.497 e. The molecule has 2 aromatic carbocycles. The second kappa shape index (κ2) is 6.41. The molecule has 5 nitrogen and oxygen atoms in total. The molecule has 112 valence electrons. The maximum Gasteiger partial charge on any atom is 0.118 e. The molecule has 5 heteroatoms. The molecule has 0 fully saturated rings. The third kappa shape index (κ3) is 2.84. The van der Waals surface area contributed by atoms with Crippen LogP contribution >= 0.6 is 0 Å². The normalized spacial score (nSPS) is 10.6. The third-order valence-corrected chi connectivity index (χ3v) is 3.54. The van der Waals surface area contributed by atoms with Crippen molar-refractivity contribution < 1.29 is 4.74 Å². The van der Waals surface area contributed by atoms with Crippen LogP contribution in [0, 0.1) is 0 Å². The number of hydrogen-bond acceptors (Lipinski definition) is 4. The van der Waals surface area contributed by atoms with Gasteiger partial charge in [-0.3, -0.25) is 0 Å². The van der Waals surface area contributed by atoms with E-state index in [4.69, 9.17) is 10.5 Å². The zero-order chi connectivity index (χ0) is 15.4. The average molecular weight is 294 g/mol. The van der Waals surface area contributed by atoms with E-state index in [1.807, 2.05) is 47.1 Å². The molecule has 3 aromatic rings. The lowest BCUT2D eigenvalue weighted by Crippen LogP contribution is -2.05. The van der Waals surface area contributed by atoms with Crippen molar-refractivity contribution in [1.82, 2.24) is 15.0 Å². The van der Waals surface area contributed by atoms with Crippen LogP contribution in [0.2, 0.25) is 0 Å². The molecule has 0 saturated heterocycles. The van der Waals surface area contributed by atoms with Gasteiger partial charge in [-0.15, -0.1) is 5.10 Å². The highest BCUT2D eigenvalue weighted by Gasteiger charge is 2.14. The van der Waals surface area contributed by atoms with Crippen LogP contribution in [0.3, 0.4) is 0 Å². The number of ether oxygens (including phenoxy) is 1. The molecule has 0 spiro atoms. The number of rotatable bonds is 5. The zero-order valence-electron chi connectivity index (χ0n) is 12.4. The first kappa shape index (κ1) is 14.3. The van der Waals surface area contributed by atoms with Gasteiger partial charge >= 0.3 is 0 Å². The highest BCUT2D eigenvalue weighted by atomic mass is 16.5. The van der Waals surface area contributed by atoms with Gasteiger partial charge in [0, 0.05) is 12.1 Å². The first-order chi connectivity index (χ1) is 10.8. The zero-order valence-corrected chi connectivity index (χ0v) is 12.4. The van der Waals surface area contributed by atoms with E-state index < -0.39 is 0 Å². The molecule has 1 heterocycles. The molecule has 0 atom stereocenters. The Hall–Kier alpha value is -2.66. The van der Waals surface area contributed by atoms with Crippen LogP contribution in [0.1, 0.15) is 11.3 Å². The predicted octanol–water partition coefficient (Wildman–Crippen LogP) is 2.46. The van der Waals surface area contributed by atoms with Gasteiger partial charge in [0.25, 0.3) is 0 Å². The highest BCUT2D eigenvalue weighted by Crippen LogP contribution is 2.25. The Labute approximate surface area is 129 Å². The van der Waals surface area contributed by atoms with Crippen molar-refractivity contribution in [1.29, 1.82) is 0 Å². The summed E-state index contributed by atoms with van der Waals surface area (Å²) in [6, 6.07) is 18.0. The largest absolute Gasteiger partial charge is 0.497 e. The number of methoxy groups -OCH3 is 1. The highest BCUT2D eigenvalue weighted by molar-refractivity contribution is 5.63. The van der Waals surface area contributed by atoms with Crippen LogP contribution < -0.4 is 10.5 Å². The molecule has 0 bridgehead atoms. The lowest BCUT2D eigenvalue weighted by molar-refractivity contribution is 0.415. The van der Waals surface area contributed by atoms with Crippen LogP contribution in [0.4, 0.5) is 0 Å². The first-order valence-electron chi connectivity index (χ1n) is 7.12. The Morgan fingerprint density at radius 3 is 2.41 bits per heavy atom. The summed E-state index contributed by atoms with van der Waals surface area (Å²) in [5.74, 6) is 0.820. The molecular formula is C17H18N4O. The van der Waals surface area contributed by atoms with Gasteiger partial charge in [0.2, 0.25) is 0 Å². The number of benzene rings is 2. The lowest BCUT2D eigenvalue weighted by atomic mass is 10.1. The standard InChI is InChI=1S/C17H18N4O/c1-22-15-9-7-14(8-10-15)17-16(11-18)19-20-21(17)12-13-5-3-2-4-6-13/h2-10H,11-12,18H2,1H3. The van der Waals surface area contributed by atoms with Gasteiger partial charge in [0.15, 0.2) is 0 Å². The van der Waals surface area contributed by atoms with Crippen LogP contribution in [0.15, 0.2) is 54.6 Å². The topological polar surface area (TPSA) is 66.0 Å². The lowest BCUT2D eigenvalue weighted by Gasteiger charge is -2.09. The first-order valence-corrected chi connectivity index (χ1v) is 7.12. The Morgan fingerprint density at radius 2 is 1.77 bits per heavy atom. The van der Waals surface area contributed by atoms with E-state index in [2.05, 4.69) is 22.4 Å². The minimum atomic E-state index is 0.357. The molecule has 2 N–H and O–H groups in total. The fraction of sp³-hybridized carbons (Fsp3) is 0.176. The van der Waals surface area contributed by atoms with Crippen LogP contribution in [0.25, 0.3) is 11.3 Å². The van der Waals surface area contributed by atoms with Crippen LogP contribution in [-0.2, 0) is 13.1 Å². The van der Waals surface area contributed by atoms with E-state index in [1.165, 1.54) is 5.56 Å². The molecule has 0 unspecified atom stereocenters. The monoisotopic (exact) mass is 294 g/mol. The molecule has 3 rings (SSSR count). The summed E-state index contributed by atoms with van der Waals surface area (Å²) < 4.78 is 7.09. The summed E-state index contributed by atoms with van der Waals surface area (Å²) in [6.07, 6.45) is 0. The quantitative estimate of drug-likeness (QED) is 0.785. The van der Waals surface area contributed by atoms with E-state index in [1.54, 1.807) is 7.11 Å². The van der Waals surface area contributed by atoms with Crippen LogP contribution in [0.5, 0.6) is 5.75 Å². The van der Waals surface area contributed by atoms with Gasteiger partial charge in [0.05, 0.1) is 19.3 Å². The van der Waals surface area contributed by atoms with Gasteiger partial charge < -0.3 is 10.5 Å². The summed E-state index contributed by atoms with van der Waals surface area (Å²) in [5, 5.41) is 8.46. The summed E-state index contributed by atoms with van der Waals surface area (Å²) in [6.45, 7) is 1.02. The molecule has 0 amide bonds. The van der Waals surface area contributed by atoms with Crippen molar-refractivity contribution in [2.45, 2.75) is 13.1 Å². The molecule has 22 heavy (non-hydrogen) atoms. The van der Waals surface area contributed by atoms with Crippen LogP contribution in [-0.4, -0.2) is 22.1 Å². The molecule has 0 aliphatic carbocycles. The summed E-state index contributed by atoms with van der Waals surface area (Å²) in [4.78, 5) is 0. The van der Waals surface area contributed by atoms with Gasteiger partial charge in [-0.1, -0.05) is 35.5 Å². The van der Waals surface area contributed by atoms with E-state index in [-0.39, 0.29) is 0 Å². The van der Waals surface area contributed by atoms with Crippen molar-refractivity contribution >= 4 is 0 Å². The van der Waals surface area contributed by atoms with E-state index in [0.717, 1.165) is 22.7 Å². The van der Waals surface area contributed by atoms with Gasteiger partial charge in [0.1, 0.15) is 11.4 Å². The molecular weight excluding hydrogens is 276 g/mol. The summed E-state index contributed by atoms with van der Waals surface area (Å²) >= 11 is 0. The fourth-order valence-corrected chi connectivity index (χ4v) is 2.42. The Morgan fingerprint density at radius 1 is 1.05 bits per heavy atom. The molecule has 0 radical (unpaired) electrons. The Bertz CT molecular complexity index is 735. The maximum absolute atomic E-state index is 5.81. The maximum atomic E-state index is 5.81. The number of hydrogen-bond donors (Lipinski definition) is 1. The summed E-state index contributed by atoms with van der Waals surface area (Å²) in [5.41, 5.74) is 9.76. The van der Waals surface area contributed by atoms with Crippen molar-refractivity contribution in [3.8, 4) is 17.0 Å². The molecule has 1 aromatic heterocycles. The van der Waals surface area contributed by atoms with Crippen molar-refractivity contribution in [2.75, 3.05) is 7.11 Å². The van der Waals surface area contributed by atoms with E-state index in [0.29, 0.717) is 13.1 Å². The van der Waals surface area contributed by atoms with Gasteiger partial charge in [-0.25, -0.2) is 4.68 Å². The van der Waals surface area contributed by atoms with Crippen molar-refractivity contribution in [3.63, 3.8) is 0 Å². The minimum absolute atomic E-state index is 0.357. The Balaban J connectivity index is 1.99. The summed E-state index contributed by atoms with van der Waals surface area (Å²) in [7, 11) is 1.65. The third-order valence-electron chi connectivity index (χ3n) is 3.54. The second-order valence-electron chi connectivity index (χ2n) is 4.96. The number of nitrogens with two attached hydrogens (primary N) is 1. The second-order valence-corrected chi connectivity index (χ2v) is 4.96.